The van der Waals surface area contributed by atoms with Gasteiger partial charge in [-0.1, -0.05) is 6.92 Å². The number of hydrogen-bond acceptors (Lipinski definition) is 3. The topological polar surface area (TPSA) is 54.1 Å². The zero-order chi connectivity index (χ0) is 14.7. The van der Waals surface area contributed by atoms with Crippen molar-refractivity contribution < 1.29 is 9.53 Å². The molecule has 4 heteroatoms. The van der Waals surface area contributed by atoms with Crippen LogP contribution in [0.5, 0.6) is 5.75 Å². The minimum atomic E-state index is 0.144. The van der Waals surface area contributed by atoms with Crippen molar-refractivity contribution >= 4 is 16.7 Å². The van der Waals surface area contributed by atoms with Gasteiger partial charge in [-0.15, -0.1) is 0 Å². The molecule has 2 aromatic rings. The lowest BCUT2D eigenvalue weighted by Crippen LogP contribution is -2.31. The summed E-state index contributed by atoms with van der Waals surface area (Å²) in [5.74, 6) is 1.24. The molecule has 1 aliphatic heterocycles. The van der Waals surface area contributed by atoms with Crippen LogP contribution in [0.1, 0.15) is 36.5 Å². The van der Waals surface area contributed by atoms with Gasteiger partial charge in [0.2, 0.25) is 0 Å². The summed E-state index contributed by atoms with van der Waals surface area (Å²) in [6, 6.07) is 5.92. The number of aromatic amines is 1. The average Bonchev–Trinajstić information content (AvgIpc) is 2.96. The molecule has 4 nitrogen and oxygen atoms in total. The molecule has 0 atom stereocenters. The second-order valence-electron chi connectivity index (χ2n) is 5.65. The van der Waals surface area contributed by atoms with E-state index in [9.17, 15) is 4.79 Å². The third-order valence-corrected chi connectivity index (χ3v) is 4.10. The molecule has 1 saturated heterocycles. The van der Waals surface area contributed by atoms with E-state index in [2.05, 4.69) is 17.2 Å². The number of Topliss-reactive ketones (excluding diaryl/α,β-unsaturated/α-hetero) is 1. The van der Waals surface area contributed by atoms with Crippen molar-refractivity contribution in [3.05, 3.63) is 30.0 Å². The van der Waals surface area contributed by atoms with Crippen LogP contribution in [0, 0.1) is 5.92 Å². The minimum Gasteiger partial charge on any atom is -0.494 e. The number of ketones is 1. The number of carbonyl (C=O) groups is 1. The number of aromatic nitrogens is 1. The maximum Gasteiger partial charge on any atom is 0.168 e. The SMILES string of the molecule is CCCOc1ccc2[nH]cc(C(=O)C3CCNCC3)c2c1. The lowest BCUT2D eigenvalue weighted by molar-refractivity contribution is 0.0897. The highest BCUT2D eigenvalue weighted by Gasteiger charge is 2.24. The summed E-state index contributed by atoms with van der Waals surface area (Å²) in [7, 11) is 0. The van der Waals surface area contributed by atoms with Gasteiger partial charge in [0.25, 0.3) is 0 Å². The van der Waals surface area contributed by atoms with Crippen molar-refractivity contribution in [2.24, 2.45) is 5.92 Å². The van der Waals surface area contributed by atoms with E-state index in [-0.39, 0.29) is 11.7 Å². The molecule has 2 N–H and O–H groups in total. The summed E-state index contributed by atoms with van der Waals surface area (Å²) in [5.41, 5.74) is 1.80. The van der Waals surface area contributed by atoms with Crippen LogP contribution >= 0.6 is 0 Å². The summed E-state index contributed by atoms with van der Waals surface area (Å²) in [6.07, 6.45) is 4.68. The van der Waals surface area contributed by atoms with Gasteiger partial charge in [-0.25, -0.2) is 0 Å². The summed E-state index contributed by atoms with van der Waals surface area (Å²) in [4.78, 5) is 15.9. The number of ether oxygens (including phenoxy) is 1. The van der Waals surface area contributed by atoms with E-state index in [1.807, 2.05) is 24.4 Å². The van der Waals surface area contributed by atoms with E-state index in [0.717, 1.165) is 54.6 Å². The van der Waals surface area contributed by atoms with Gasteiger partial charge in [-0.05, 0) is 50.6 Å². The summed E-state index contributed by atoms with van der Waals surface area (Å²) in [5, 5.41) is 4.28. The highest BCUT2D eigenvalue weighted by atomic mass is 16.5. The van der Waals surface area contributed by atoms with Crippen LogP contribution in [0.4, 0.5) is 0 Å². The van der Waals surface area contributed by atoms with E-state index in [0.29, 0.717) is 6.61 Å². The van der Waals surface area contributed by atoms with Gasteiger partial charge in [-0.3, -0.25) is 4.79 Å². The predicted molar refractivity (Wildman–Crippen MR) is 84.0 cm³/mol. The molecule has 0 aliphatic carbocycles. The molecule has 1 aromatic carbocycles. The number of benzene rings is 1. The molecule has 1 fully saturated rings. The fraction of sp³-hybridized carbons (Fsp3) is 0.471. The first-order valence-corrected chi connectivity index (χ1v) is 7.78. The average molecular weight is 286 g/mol. The van der Waals surface area contributed by atoms with Crippen LogP contribution < -0.4 is 10.1 Å². The maximum absolute atomic E-state index is 12.7. The molecule has 0 saturated carbocycles. The number of carbonyl (C=O) groups excluding carboxylic acids is 1. The Bertz CT molecular complexity index is 627. The van der Waals surface area contributed by atoms with Gasteiger partial charge >= 0.3 is 0 Å². The molecule has 0 radical (unpaired) electrons. The highest BCUT2D eigenvalue weighted by molar-refractivity contribution is 6.09. The van der Waals surface area contributed by atoms with E-state index in [1.165, 1.54) is 0 Å². The Balaban J connectivity index is 1.88. The summed E-state index contributed by atoms with van der Waals surface area (Å²) >= 11 is 0. The third-order valence-electron chi connectivity index (χ3n) is 4.10. The second-order valence-corrected chi connectivity index (χ2v) is 5.65. The first-order valence-electron chi connectivity index (χ1n) is 7.78. The molecule has 0 unspecified atom stereocenters. The third kappa shape index (κ3) is 2.95. The van der Waals surface area contributed by atoms with Crippen molar-refractivity contribution in [3.63, 3.8) is 0 Å². The molecular weight excluding hydrogens is 264 g/mol. The van der Waals surface area contributed by atoms with Gasteiger partial charge in [0.15, 0.2) is 5.78 Å². The van der Waals surface area contributed by atoms with Gasteiger partial charge in [0.1, 0.15) is 5.75 Å². The number of fused-ring (bicyclic) bond motifs is 1. The highest BCUT2D eigenvalue weighted by Crippen LogP contribution is 2.27. The number of hydrogen-bond donors (Lipinski definition) is 2. The molecule has 3 rings (SSSR count). The van der Waals surface area contributed by atoms with Gasteiger partial charge in [0, 0.05) is 28.6 Å². The van der Waals surface area contributed by atoms with E-state index < -0.39 is 0 Å². The van der Waals surface area contributed by atoms with Crippen molar-refractivity contribution in [1.82, 2.24) is 10.3 Å². The second kappa shape index (κ2) is 6.31. The summed E-state index contributed by atoms with van der Waals surface area (Å²) < 4.78 is 5.68. The van der Waals surface area contributed by atoms with Crippen LogP contribution in [0.15, 0.2) is 24.4 Å². The van der Waals surface area contributed by atoms with E-state index in [1.54, 1.807) is 0 Å². The van der Waals surface area contributed by atoms with Crippen LogP contribution in [0.25, 0.3) is 10.9 Å². The Kier molecular flexibility index (Phi) is 4.25. The molecular formula is C17H22N2O2. The molecule has 21 heavy (non-hydrogen) atoms. The van der Waals surface area contributed by atoms with Crippen molar-refractivity contribution in [3.8, 4) is 5.75 Å². The van der Waals surface area contributed by atoms with E-state index in [4.69, 9.17) is 4.74 Å². The van der Waals surface area contributed by atoms with Crippen LogP contribution in [-0.2, 0) is 0 Å². The largest absolute Gasteiger partial charge is 0.494 e. The molecule has 0 spiro atoms. The van der Waals surface area contributed by atoms with Gasteiger partial charge < -0.3 is 15.0 Å². The zero-order valence-electron chi connectivity index (χ0n) is 12.4. The maximum atomic E-state index is 12.7. The fourth-order valence-corrected chi connectivity index (χ4v) is 2.92. The molecule has 1 aromatic heterocycles. The Hall–Kier alpha value is -1.81. The molecule has 2 heterocycles. The predicted octanol–water partition coefficient (Wildman–Crippen LogP) is 3.14. The van der Waals surface area contributed by atoms with Gasteiger partial charge in [0.05, 0.1) is 6.61 Å². The summed E-state index contributed by atoms with van der Waals surface area (Å²) in [6.45, 7) is 4.65. The monoisotopic (exact) mass is 286 g/mol. The van der Waals surface area contributed by atoms with Crippen LogP contribution in [-0.4, -0.2) is 30.5 Å². The number of nitrogens with one attached hydrogen (secondary N) is 2. The normalized spacial score (nSPS) is 16.2. The quantitative estimate of drug-likeness (QED) is 0.830. The Morgan fingerprint density at radius 3 is 2.90 bits per heavy atom. The Morgan fingerprint density at radius 1 is 1.33 bits per heavy atom. The number of rotatable bonds is 5. The van der Waals surface area contributed by atoms with Gasteiger partial charge in [-0.2, -0.15) is 0 Å². The first-order chi connectivity index (χ1) is 10.3. The van der Waals surface area contributed by atoms with Crippen LogP contribution in [0.3, 0.4) is 0 Å². The van der Waals surface area contributed by atoms with Crippen molar-refractivity contribution in [2.45, 2.75) is 26.2 Å². The standard InChI is InChI=1S/C17H22N2O2/c1-2-9-21-13-3-4-16-14(10-13)15(11-19-16)17(20)12-5-7-18-8-6-12/h3-4,10-12,18-19H,2,5-9H2,1H3. The number of H-pyrrole nitrogens is 1. The Labute approximate surface area is 124 Å². The Morgan fingerprint density at radius 2 is 2.14 bits per heavy atom. The molecule has 0 bridgehead atoms. The molecule has 1 aliphatic rings. The molecule has 112 valence electrons. The van der Waals surface area contributed by atoms with E-state index >= 15 is 0 Å². The lowest BCUT2D eigenvalue weighted by atomic mass is 9.89. The smallest absolute Gasteiger partial charge is 0.168 e. The van der Waals surface area contributed by atoms with Crippen molar-refractivity contribution in [2.75, 3.05) is 19.7 Å². The zero-order valence-corrected chi connectivity index (χ0v) is 12.4. The molecule has 0 amide bonds. The lowest BCUT2D eigenvalue weighted by Gasteiger charge is -2.21. The minimum absolute atomic E-state index is 0.144. The van der Waals surface area contributed by atoms with Crippen LogP contribution in [0.2, 0.25) is 0 Å². The van der Waals surface area contributed by atoms with Crippen molar-refractivity contribution in [1.29, 1.82) is 0 Å². The fourth-order valence-electron chi connectivity index (χ4n) is 2.92. The number of piperidine rings is 1. The first kappa shape index (κ1) is 14.1.